The van der Waals surface area contributed by atoms with Crippen LogP contribution in [-0.4, -0.2) is 41.1 Å². The van der Waals surface area contributed by atoms with Crippen LogP contribution in [-0.2, 0) is 4.79 Å². The topological polar surface area (TPSA) is 69.6 Å². The lowest BCUT2D eigenvalue weighted by Crippen LogP contribution is -2.53. The van der Waals surface area contributed by atoms with E-state index in [9.17, 15) is 14.7 Å². The van der Waals surface area contributed by atoms with Crippen LogP contribution in [0.1, 0.15) is 48.0 Å². The first-order valence-corrected chi connectivity index (χ1v) is 6.91. The third kappa shape index (κ3) is 5.94. The normalized spacial score (nSPS) is 14.6. The molecule has 0 saturated heterocycles. The SMILES string of the molecule is CCC(C)CN(CC)C(=O)N[C@H](C(=O)O)C(C)(C)C. The van der Waals surface area contributed by atoms with Crippen molar-refractivity contribution in [3.63, 3.8) is 0 Å². The fourth-order valence-corrected chi connectivity index (χ4v) is 1.72. The van der Waals surface area contributed by atoms with Gasteiger partial charge in [-0.15, -0.1) is 0 Å². The van der Waals surface area contributed by atoms with Crippen LogP contribution in [0.3, 0.4) is 0 Å². The van der Waals surface area contributed by atoms with Gasteiger partial charge in [0, 0.05) is 13.1 Å². The van der Waals surface area contributed by atoms with Crippen LogP contribution in [0.25, 0.3) is 0 Å². The molecule has 2 amide bonds. The molecule has 0 aromatic rings. The molecule has 0 aliphatic heterocycles. The maximum absolute atomic E-state index is 12.1. The molecule has 0 spiro atoms. The molecule has 1 unspecified atom stereocenters. The van der Waals surface area contributed by atoms with Crippen molar-refractivity contribution in [3.8, 4) is 0 Å². The van der Waals surface area contributed by atoms with Gasteiger partial charge >= 0.3 is 12.0 Å². The second kappa shape index (κ2) is 7.36. The monoisotopic (exact) mass is 272 g/mol. The Bertz CT molecular complexity index is 310. The lowest BCUT2D eigenvalue weighted by molar-refractivity contribution is -0.142. The van der Waals surface area contributed by atoms with Gasteiger partial charge in [0.25, 0.3) is 0 Å². The second-order valence-corrected chi connectivity index (χ2v) is 6.14. The van der Waals surface area contributed by atoms with Crippen molar-refractivity contribution in [1.82, 2.24) is 10.2 Å². The molecular weight excluding hydrogens is 244 g/mol. The number of aliphatic carboxylic acids is 1. The number of carboxylic acid groups (broad SMARTS) is 1. The van der Waals surface area contributed by atoms with Gasteiger partial charge < -0.3 is 15.3 Å². The van der Waals surface area contributed by atoms with Gasteiger partial charge in [-0.2, -0.15) is 0 Å². The highest BCUT2D eigenvalue weighted by molar-refractivity contribution is 5.83. The molecule has 0 aromatic heterocycles. The summed E-state index contributed by atoms with van der Waals surface area (Å²) in [6, 6.07) is -1.18. The van der Waals surface area contributed by atoms with Crippen molar-refractivity contribution < 1.29 is 14.7 Å². The lowest BCUT2D eigenvalue weighted by atomic mass is 9.87. The van der Waals surface area contributed by atoms with Crippen LogP contribution in [0.5, 0.6) is 0 Å². The summed E-state index contributed by atoms with van der Waals surface area (Å²) in [5, 5.41) is 11.8. The average molecular weight is 272 g/mol. The van der Waals surface area contributed by atoms with Gasteiger partial charge in [-0.25, -0.2) is 9.59 Å². The highest BCUT2D eigenvalue weighted by Crippen LogP contribution is 2.19. The third-order valence-electron chi connectivity index (χ3n) is 3.28. The van der Waals surface area contributed by atoms with Gasteiger partial charge in [0.2, 0.25) is 0 Å². The summed E-state index contributed by atoms with van der Waals surface area (Å²) in [5.74, 6) is -0.593. The summed E-state index contributed by atoms with van der Waals surface area (Å²) in [6.07, 6.45) is 0.991. The summed E-state index contributed by atoms with van der Waals surface area (Å²) in [7, 11) is 0. The molecule has 0 radical (unpaired) electrons. The molecule has 2 N–H and O–H groups in total. The van der Waals surface area contributed by atoms with Gasteiger partial charge in [0.05, 0.1) is 0 Å². The first kappa shape index (κ1) is 17.7. The van der Waals surface area contributed by atoms with E-state index < -0.39 is 17.4 Å². The Labute approximate surface area is 116 Å². The maximum Gasteiger partial charge on any atom is 0.326 e. The van der Waals surface area contributed by atoms with E-state index in [4.69, 9.17) is 0 Å². The van der Waals surface area contributed by atoms with E-state index >= 15 is 0 Å². The Morgan fingerprint density at radius 3 is 2.11 bits per heavy atom. The van der Waals surface area contributed by atoms with Crippen molar-refractivity contribution in [1.29, 1.82) is 0 Å². The third-order valence-corrected chi connectivity index (χ3v) is 3.28. The number of carboxylic acids is 1. The number of urea groups is 1. The lowest BCUT2D eigenvalue weighted by Gasteiger charge is -2.31. The predicted octanol–water partition coefficient (Wildman–Crippen LogP) is 2.56. The Balaban J connectivity index is 4.74. The molecule has 0 heterocycles. The fourth-order valence-electron chi connectivity index (χ4n) is 1.72. The number of hydrogen-bond acceptors (Lipinski definition) is 2. The van der Waals surface area contributed by atoms with Crippen LogP contribution in [0, 0.1) is 11.3 Å². The fraction of sp³-hybridized carbons (Fsp3) is 0.857. The Morgan fingerprint density at radius 2 is 1.79 bits per heavy atom. The number of amides is 2. The Kier molecular flexibility index (Phi) is 6.87. The molecule has 0 rings (SSSR count). The summed E-state index contributed by atoms with van der Waals surface area (Å²) in [6.45, 7) is 12.7. The van der Waals surface area contributed by atoms with Gasteiger partial charge in [-0.1, -0.05) is 41.0 Å². The van der Waals surface area contributed by atoms with Crippen LogP contribution in [0.4, 0.5) is 4.79 Å². The van der Waals surface area contributed by atoms with E-state index in [-0.39, 0.29) is 6.03 Å². The van der Waals surface area contributed by atoms with Gasteiger partial charge in [0.15, 0.2) is 0 Å². The minimum Gasteiger partial charge on any atom is -0.480 e. The molecule has 112 valence electrons. The van der Waals surface area contributed by atoms with E-state index in [1.54, 1.807) is 25.7 Å². The number of nitrogens with zero attached hydrogens (tertiary/aromatic N) is 1. The minimum atomic E-state index is -1.000. The molecule has 19 heavy (non-hydrogen) atoms. The highest BCUT2D eigenvalue weighted by Gasteiger charge is 2.33. The molecule has 0 fully saturated rings. The van der Waals surface area contributed by atoms with Crippen molar-refractivity contribution in [2.75, 3.05) is 13.1 Å². The molecule has 0 bridgehead atoms. The number of nitrogens with one attached hydrogen (secondary N) is 1. The summed E-state index contributed by atoms with van der Waals surface area (Å²) in [4.78, 5) is 25.0. The zero-order valence-electron chi connectivity index (χ0n) is 13.0. The second-order valence-electron chi connectivity index (χ2n) is 6.14. The molecule has 5 nitrogen and oxygen atoms in total. The summed E-state index contributed by atoms with van der Waals surface area (Å²) < 4.78 is 0. The standard InChI is InChI=1S/C14H28N2O3/c1-7-10(3)9-16(8-2)13(19)15-11(12(17)18)14(4,5)6/h10-11H,7-9H2,1-6H3,(H,15,19)(H,17,18)/t10?,11-/m1/s1. The van der Waals surface area contributed by atoms with E-state index in [2.05, 4.69) is 19.2 Å². The summed E-state index contributed by atoms with van der Waals surface area (Å²) >= 11 is 0. The van der Waals surface area contributed by atoms with E-state index in [0.717, 1.165) is 6.42 Å². The number of hydrogen-bond donors (Lipinski definition) is 2. The largest absolute Gasteiger partial charge is 0.480 e. The van der Waals surface area contributed by atoms with Gasteiger partial charge in [0.1, 0.15) is 6.04 Å². The summed E-state index contributed by atoms with van der Waals surface area (Å²) in [5.41, 5.74) is -0.517. The minimum absolute atomic E-state index is 0.301. The van der Waals surface area contributed by atoms with Crippen LogP contribution < -0.4 is 5.32 Å². The number of carbonyl (C=O) groups excluding carboxylic acids is 1. The zero-order valence-corrected chi connectivity index (χ0v) is 13.0. The first-order chi connectivity index (χ1) is 8.63. The van der Waals surface area contributed by atoms with Crippen molar-refractivity contribution in [2.45, 2.75) is 54.0 Å². The van der Waals surface area contributed by atoms with Gasteiger partial charge in [-0.3, -0.25) is 0 Å². The van der Waals surface area contributed by atoms with Crippen molar-refractivity contribution in [3.05, 3.63) is 0 Å². The van der Waals surface area contributed by atoms with E-state index in [0.29, 0.717) is 19.0 Å². The molecule has 0 aromatic carbocycles. The van der Waals surface area contributed by atoms with Crippen LogP contribution in [0.2, 0.25) is 0 Å². The first-order valence-electron chi connectivity index (χ1n) is 6.91. The van der Waals surface area contributed by atoms with Crippen molar-refractivity contribution >= 4 is 12.0 Å². The van der Waals surface area contributed by atoms with Gasteiger partial charge in [-0.05, 0) is 18.3 Å². The van der Waals surface area contributed by atoms with E-state index in [1.807, 2.05) is 6.92 Å². The van der Waals surface area contributed by atoms with Crippen LogP contribution >= 0.6 is 0 Å². The number of rotatable bonds is 6. The molecule has 0 saturated carbocycles. The molecular formula is C14H28N2O3. The average Bonchev–Trinajstić information content (AvgIpc) is 2.30. The predicted molar refractivity (Wildman–Crippen MR) is 76.1 cm³/mol. The maximum atomic E-state index is 12.1. The Hall–Kier alpha value is -1.26. The van der Waals surface area contributed by atoms with Crippen LogP contribution in [0.15, 0.2) is 0 Å². The molecule has 0 aliphatic rings. The highest BCUT2D eigenvalue weighted by atomic mass is 16.4. The molecule has 0 aliphatic carbocycles. The molecule has 5 heteroatoms. The van der Waals surface area contributed by atoms with Crippen molar-refractivity contribution in [2.24, 2.45) is 11.3 Å². The smallest absolute Gasteiger partial charge is 0.326 e. The zero-order chi connectivity index (χ0) is 15.2. The van der Waals surface area contributed by atoms with E-state index in [1.165, 1.54) is 0 Å². The number of carbonyl (C=O) groups is 2. The Morgan fingerprint density at radius 1 is 1.26 bits per heavy atom. The quantitative estimate of drug-likeness (QED) is 0.780. The molecule has 2 atom stereocenters.